The van der Waals surface area contributed by atoms with E-state index in [-0.39, 0.29) is 11.5 Å². The molecule has 0 bridgehead atoms. The first-order chi connectivity index (χ1) is 7.10. The standard InChI is InChI=1S/C10H15NO3S/c1-2-9(8-12)11-15(13,14)10-6-4-3-5-7-10/h3-7,9,11-12H,2,8H2,1H3. The van der Waals surface area contributed by atoms with Gasteiger partial charge in [0.15, 0.2) is 0 Å². The summed E-state index contributed by atoms with van der Waals surface area (Å²) in [6.45, 7) is 1.62. The molecule has 0 amide bonds. The van der Waals surface area contributed by atoms with Crippen molar-refractivity contribution in [1.29, 1.82) is 0 Å². The van der Waals surface area contributed by atoms with Gasteiger partial charge in [0, 0.05) is 6.04 Å². The zero-order valence-electron chi connectivity index (χ0n) is 8.55. The van der Waals surface area contributed by atoms with Gasteiger partial charge >= 0.3 is 0 Å². The summed E-state index contributed by atoms with van der Waals surface area (Å²) < 4.78 is 25.9. The van der Waals surface area contributed by atoms with Crippen LogP contribution in [0.5, 0.6) is 0 Å². The van der Waals surface area contributed by atoms with Crippen molar-refractivity contribution in [3.8, 4) is 0 Å². The number of benzene rings is 1. The maximum absolute atomic E-state index is 11.7. The Hall–Kier alpha value is -0.910. The van der Waals surface area contributed by atoms with Crippen LogP contribution >= 0.6 is 0 Å². The number of rotatable bonds is 5. The number of hydrogen-bond donors (Lipinski definition) is 2. The van der Waals surface area contributed by atoms with Crippen LogP contribution < -0.4 is 4.72 Å². The fourth-order valence-corrected chi connectivity index (χ4v) is 2.47. The van der Waals surface area contributed by atoms with Crippen LogP contribution in [0, 0.1) is 0 Å². The molecule has 1 aromatic rings. The Bertz CT molecular complexity index is 384. The number of hydrogen-bond acceptors (Lipinski definition) is 3. The minimum absolute atomic E-state index is 0.192. The SMILES string of the molecule is CCC(CO)NS(=O)(=O)c1ccccc1. The Balaban J connectivity index is 2.85. The minimum Gasteiger partial charge on any atom is -0.395 e. The van der Waals surface area contributed by atoms with E-state index in [1.54, 1.807) is 18.2 Å². The molecule has 5 heteroatoms. The Morgan fingerprint density at radius 3 is 2.40 bits per heavy atom. The van der Waals surface area contributed by atoms with Crippen LogP contribution in [0.4, 0.5) is 0 Å². The number of sulfonamides is 1. The molecule has 0 saturated carbocycles. The Morgan fingerprint density at radius 1 is 1.33 bits per heavy atom. The fraction of sp³-hybridized carbons (Fsp3) is 0.400. The number of aliphatic hydroxyl groups excluding tert-OH is 1. The van der Waals surface area contributed by atoms with Gasteiger partial charge in [0.2, 0.25) is 10.0 Å². The van der Waals surface area contributed by atoms with Crippen molar-refractivity contribution < 1.29 is 13.5 Å². The third kappa shape index (κ3) is 3.30. The highest BCUT2D eigenvalue weighted by Gasteiger charge is 2.17. The van der Waals surface area contributed by atoms with Gasteiger partial charge in [-0.05, 0) is 18.6 Å². The van der Waals surface area contributed by atoms with E-state index in [4.69, 9.17) is 5.11 Å². The molecule has 4 nitrogen and oxygen atoms in total. The predicted octanol–water partition coefficient (Wildman–Crippen LogP) is 0.736. The molecule has 0 radical (unpaired) electrons. The molecule has 1 atom stereocenters. The van der Waals surface area contributed by atoms with Crippen LogP contribution in [-0.2, 0) is 10.0 Å². The van der Waals surface area contributed by atoms with Crippen LogP contribution in [0.15, 0.2) is 35.2 Å². The Kier molecular flexibility index (Phi) is 4.26. The van der Waals surface area contributed by atoms with Gasteiger partial charge in [0.25, 0.3) is 0 Å². The summed E-state index contributed by atoms with van der Waals surface area (Å²) >= 11 is 0. The van der Waals surface area contributed by atoms with Crippen molar-refractivity contribution in [2.45, 2.75) is 24.3 Å². The molecule has 2 N–H and O–H groups in total. The highest BCUT2D eigenvalue weighted by molar-refractivity contribution is 7.89. The molecule has 15 heavy (non-hydrogen) atoms. The molecule has 0 heterocycles. The van der Waals surface area contributed by atoms with E-state index in [0.717, 1.165) is 0 Å². The van der Waals surface area contributed by atoms with E-state index in [1.807, 2.05) is 6.92 Å². The van der Waals surface area contributed by atoms with Crippen molar-refractivity contribution in [3.63, 3.8) is 0 Å². The monoisotopic (exact) mass is 229 g/mol. The molecule has 0 spiro atoms. The molecule has 0 fully saturated rings. The van der Waals surface area contributed by atoms with Gasteiger partial charge in [-0.15, -0.1) is 0 Å². The molecular weight excluding hydrogens is 214 g/mol. The first-order valence-electron chi connectivity index (χ1n) is 4.78. The number of nitrogens with one attached hydrogen (secondary N) is 1. The van der Waals surface area contributed by atoms with Crippen LogP contribution in [0.1, 0.15) is 13.3 Å². The molecule has 84 valence electrons. The smallest absolute Gasteiger partial charge is 0.240 e. The molecule has 0 aromatic heterocycles. The van der Waals surface area contributed by atoms with E-state index >= 15 is 0 Å². The maximum atomic E-state index is 11.7. The van der Waals surface area contributed by atoms with Crippen LogP contribution in [-0.4, -0.2) is 26.2 Å². The van der Waals surface area contributed by atoms with Crippen molar-refractivity contribution in [3.05, 3.63) is 30.3 Å². The summed E-state index contributed by atoms with van der Waals surface area (Å²) in [6.07, 6.45) is 0.558. The van der Waals surface area contributed by atoms with E-state index in [9.17, 15) is 8.42 Å². The van der Waals surface area contributed by atoms with Crippen molar-refractivity contribution in [2.24, 2.45) is 0 Å². The zero-order chi connectivity index (χ0) is 11.3. The second-order valence-electron chi connectivity index (χ2n) is 3.22. The van der Waals surface area contributed by atoms with Crippen LogP contribution in [0.25, 0.3) is 0 Å². The first-order valence-corrected chi connectivity index (χ1v) is 6.26. The van der Waals surface area contributed by atoms with Crippen LogP contribution in [0.3, 0.4) is 0 Å². The first kappa shape index (κ1) is 12.2. The topological polar surface area (TPSA) is 66.4 Å². The van der Waals surface area contributed by atoms with Crippen LogP contribution in [0.2, 0.25) is 0 Å². The second-order valence-corrected chi connectivity index (χ2v) is 4.94. The zero-order valence-corrected chi connectivity index (χ0v) is 9.37. The third-order valence-electron chi connectivity index (χ3n) is 2.09. The highest BCUT2D eigenvalue weighted by Crippen LogP contribution is 2.08. The van der Waals surface area contributed by atoms with Gasteiger partial charge in [-0.1, -0.05) is 25.1 Å². The molecule has 1 unspecified atom stereocenters. The summed E-state index contributed by atoms with van der Waals surface area (Å²) in [4.78, 5) is 0.219. The molecule has 0 aliphatic carbocycles. The lowest BCUT2D eigenvalue weighted by Gasteiger charge is -2.14. The molecule has 0 saturated heterocycles. The van der Waals surface area contributed by atoms with Crippen molar-refractivity contribution >= 4 is 10.0 Å². The van der Waals surface area contributed by atoms with E-state index in [2.05, 4.69) is 4.72 Å². The molecule has 0 aliphatic heterocycles. The summed E-state index contributed by atoms with van der Waals surface area (Å²) in [5, 5.41) is 8.91. The normalized spacial score (nSPS) is 13.7. The summed E-state index contributed by atoms with van der Waals surface area (Å²) in [5.74, 6) is 0. The second kappa shape index (κ2) is 5.25. The maximum Gasteiger partial charge on any atom is 0.240 e. The third-order valence-corrected chi connectivity index (χ3v) is 3.62. The lowest BCUT2D eigenvalue weighted by atomic mass is 10.3. The fourth-order valence-electron chi connectivity index (χ4n) is 1.14. The Morgan fingerprint density at radius 2 is 1.93 bits per heavy atom. The Labute approximate surface area is 90.0 Å². The minimum atomic E-state index is -3.49. The summed E-state index contributed by atoms with van der Waals surface area (Å²) in [7, 11) is -3.49. The van der Waals surface area contributed by atoms with E-state index in [0.29, 0.717) is 6.42 Å². The quantitative estimate of drug-likeness (QED) is 0.782. The lowest BCUT2D eigenvalue weighted by molar-refractivity contribution is 0.254. The summed E-state index contributed by atoms with van der Waals surface area (Å²) in [5.41, 5.74) is 0. The van der Waals surface area contributed by atoms with E-state index in [1.165, 1.54) is 12.1 Å². The van der Waals surface area contributed by atoms with Gasteiger partial charge < -0.3 is 5.11 Å². The van der Waals surface area contributed by atoms with E-state index < -0.39 is 16.1 Å². The van der Waals surface area contributed by atoms with Crippen molar-refractivity contribution in [1.82, 2.24) is 4.72 Å². The van der Waals surface area contributed by atoms with Gasteiger partial charge in [-0.2, -0.15) is 0 Å². The van der Waals surface area contributed by atoms with Gasteiger partial charge in [0.05, 0.1) is 11.5 Å². The molecular formula is C10H15NO3S. The summed E-state index contributed by atoms with van der Waals surface area (Å²) in [6, 6.07) is 7.69. The average molecular weight is 229 g/mol. The van der Waals surface area contributed by atoms with Gasteiger partial charge in [-0.25, -0.2) is 13.1 Å². The van der Waals surface area contributed by atoms with Gasteiger partial charge in [0.1, 0.15) is 0 Å². The van der Waals surface area contributed by atoms with Gasteiger partial charge in [-0.3, -0.25) is 0 Å². The molecule has 1 rings (SSSR count). The van der Waals surface area contributed by atoms with Crippen molar-refractivity contribution in [2.75, 3.05) is 6.61 Å². The number of aliphatic hydroxyl groups is 1. The molecule has 1 aromatic carbocycles. The molecule has 0 aliphatic rings. The highest BCUT2D eigenvalue weighted by atomic mass is 32.2. The predicted molar refractivity (Wildman–Crippen MR) is 57.9 cm³/mol. The lowest BCUT2D eigenvalue weighted by Crippen LogP contribution is -2.36. The average Bonchev–Trinajstić information content (AvgIpc) is 2.27. The largest absolute Gasteiger partial charge is 0.395 e.